The SMILES string of the molecule is CN(C)c1ncccc1NS(=O)(=O)c1sccc1Br. The lowest BCUT2D eigenvalue weighted by Crippen LogP contribution is -2.17. The van der Waals surface area contributed by atoms with Gasteiger partial charge >= 0.3 is 0 Å². The van der Waals surface area contributed by atoms with Gasteiger partial charge in [0.2, 0.25) is 0 Å². The second kappa shape index (κ2) is 5.48. The summed E-state index contributed by atoms with van der Waals surface area (Å²) >= 11 is 4.39. The minimum absolute atomic E-state index is 0.251. The Morgan fingerprint density at radius 1 is 1.37 bits per heavy atom. The molecule has 2 aromatic rings. The van der Waals surface area contributed by atoms with Crippen LogP contribution >= 0.6 is 27.3 Å². The van der Waals surface area contributed by atoms with E-state index >= 15 is 0 Å². The molecule has 5 nitrogen and oxygen atoms in total. The molecule has 0 aliphatic rings. The van der Waals surface area contributed by atoms with Gasteiger partial charge in [-0.25, -0.2) is 13.4 Å². The van der Waals surface area contributed by atoms with E-state index in [1.807, 2.05) is 0 Å². The molecule has 0 saturated carbocycles. The topological polar surface area (TPSA) is 62.3 Å². The van der Waals surface area contributed by atoms with E-state index in [4.69, 9.17) is 0 Å². The van der Waals surface area contributed by atoms with Gasteiger partial charge in [0.1, 0.15) is 0 Å². The second-order valence-electron chi connectivity index (χ2n) is 3.93. The summed E-state index contributed by atoms with van der Waals surface area (Å²) in [5, 5.41) is 1.72. The Balaban J connectivity index is 2.39. The Kier molecular flexibility index (Phi) is 4.12. The number of hydrogen-bond acceptors (Lipinski definition) is 5. The Hall–Kier alpha value is -1.12. The molecule has 0 radical (unpaired) electrons. The molecule has 0 atom stereocenters. The van der Waals surface area contributed by atoms with Crippen LogP contribution in [0.15, 0.2) is 38.5 Å². The first-order chi connectivity index (χ1) is 8.92. The predicted octanol–water partition coefficient (Wildman–Crippen LogP) is 2.77. The molecule has 0 aliphatic heterocycles. The van der Waals surface area contributed by atoms with E-state index in [-0.39, 0.29) is 4.21 Å². The molecule has 19 heavy (non-hydrogen) atoms. The van der Waals surface area contributed by atoms with Crippen LogP contribution in [0.5, 0.6) is 0 Å². The highest BCUT2D eigenvalue weighted by Gasteiger charge is 2.21. The van der Waals surface area contributed by atoms with Crippen molar-refractivity contribution in [2.75, 3.05) is 23.7 Å². The molecule has 2 rings (SSSR count). The normalized spacial score (nSPS) is 11.3. The van der Waals surface area contributed by atoms with Gasteiger partial charge in [-0.15, -0.1) is 11.3 Å². The summed E-state index contributed by atoms with van der Waals surface area (Å²) in [6, 6.07) is 5.07. The molecule has 0 amide bonds. The van der Waals surface area contributed by atoms with Crippen molar-refractivity contribution in [3.63, 3.8) is 0 Å². The Bertz CT molecular complexity index is 683. The summed E-state index contributed by atoms with van der Waals surface area (Å²) in [7, 11) is 0.0118. The Morgan fingerprint density at radius 3 is 2.68 bits per heavy atom. The Labute approximate surface area is 124 Å². The number of nitrogens with one attached hydrogen (secondary N) is 1. The van der Waals surface area contributed by atoms with E-state index in [9.17, 15) is 8.42 Å². The maximum atomic E-state index is 12.3. The highest BCUT2D eigenvalue weighted by atomic mass is 79.9. The molecule has 2 aromatic heterocycles. The van der Waals surface area contributed by atoms with Crippen molar-refractivity contribution in [3.05, 3.63) is 34.2 Å². The van der Waals surface area contributed by atoms with Crippen LogP contribution in [0.4, 0.5) is 11.5 Å². The molecule has 0 bridgehead atoms. The number of rotatable bonds is 4. The van der Waals surface area contributed by atoms with Crippen LogP contribution in [0.3, 0.4) is 0 Å². The van der Waals surface area contributed by atoms with E-state index in [1.54, 1.807) is 48.8 Å². The van der Waals surface area contributed by atoms with Gasteiger partial charge in [-0.3, -0.25) is 4.72 Å². The zero-order valence-corrected chi connectivity index (χ0v) is 13.5. The predicted molar refractivity (Wildman–Crippen MR) is 81.4 cm³/mol. The zero-order chi connectivity index (χ0) is 14.0. The van der Waals surface area contributed by atoms with Gasteiger partial charge in [-0.2, -0.15) is 0 Å². The largest absolute Gasteiger partial charge is 0.361 e. The van der Waals surface area contributed by atoms with E-state index in [0.717, 1.165) is 11.3 Å². The molecule has 102 valence electrons. The van der Waals surface area contributed by atoms with Crippen LogP contribution in [-0.4, -0.2) is 27.5 Å². The molecule has 0 unspecified atom stereocenters. The van der Waals surface area contributed by atoms with Crippen molar-refractivity contribution >= 4 is 48.8 Å². The molecular weight excluding hydrogens is 350 g/mol. The van der Waals surface area contributed by atoms with Crippen LogP contribution in [0.2, 0.25) is 0 Å². The van der Waals surface area contributed by atoms with Gasteiger partial charge in [0.15, 0.2) is 10.0 Å². The molecule has 1 N–H and O–H groups in total. The van der Waals surface area contributed by atoms with Crippen molar-refractivity contribution in [3.8, 4) is 0 Å². The van der Waals surface area contributed by atoms with Crippen LogP contribution in [-0.2, 0) is 10.0 Å². The van der Waals surface area contributed by atoms with E-state index in [1.165, 1.54) is 0 Å². The summed E-state index contributed by atoms with van der Waals surface area (Å²) in [6.07, 6.45) is 1.62. The summed E-state index contributed by atoms with van der Waals surface area (Å²) in [5.41, 5.74) is 0.452. The van der Waals surface area contributed by atoms with Gasteiger partial charge in [0.25, 0.3) is 10.0 Å². The summed E-state index contributed by atoms with van der Waals surface area (Å²) in [5.74, 6) is 0.568. The first-order valence-corrected chi connectivity index (χ1v) is 8.45. The van der Waals surface area contributed by atoms with Crippen molar-refractivity contribution in [2.45, 2.75) is 4.21 Å². The van der Waals surface area contributed by atoms with Crippen LogP contribution in [0.1, 0.15) is 0 Å². The fourth-order valence-electron chi connectivity index (χ4n) is 1.50. The van der Waals surface area contributed by atoms with Crippen LogP contribution < -0.4 is 9.62 Å². The molecule has 8 heteroatoms. The van der Waals surface area contributed by atoms with E-state index in [0.29, 0.717) is 16.0 Å². The van der Waals surface area contributed by atoms with Gasteiger partial charge in [0.05, 0.1) is 5.69 Å². The maximum Gasteiger partial charge on any atom is 0.272 e. The molecule has 0 aromatic carbocycles. The summed E-state index contributed by atoms with van der Waals surface area (Å²) in [6.45, 7) is 0. The number of halogens is 1. The molecule has 0 spiro atoms. The highest BCUT2D eigenvalue weighted by molar-refractivity contribution is 9.10. The lowest BCUT2D eigenvalue weighted by molar-refractivity contribution is 0.603. The zero-order valence-electron chi connectivity index (χ0n) is 10.3. The van der Waals surface area contributed by atoms with Gasteiger partial charge in [-0.1, -0.05) is 0 Å². The maximum absolute atomic E-state index is 12.3. The number of anilines is 2. The second-order valence-corrected chi connectivity index (χ2v) is 7.58. The molecule has 0 saturated heterocycles. The van der Waals surface area contributed by atoms with E-state index in [2.05, 4.69) is 25.6 Å². The van der Waals surface area contributed by atoms with Crippen molar-refractivity contribution in [1.82, 2.24) is 4.98 Å². The van der Waals surface area contributed by atoms with Crippen molar-refractivity contribution in [1.29, 1.82) is 0 Å². The lowest BCUT2D eigenvalue weighted by atomic mass is 10.4. The Morgan fingerprint density at radius 2 is 2.11 bits per heavy atom. The number of pyridine rings is 1. The monoisotopic (exact) mass is 361 g/mol. The third kappa shape index (κ3) is 3.07. The van der Waals surface area contributed by atoms with Gasteiger partial charge in [0, 0.05) is 24.8 Å². The average Bonchev–Trinajstić information content (AvgIpc) is 2.76. The third-order valence-corrected chi connectivity index (χ3v) is 6.32. The number of sulfonamides is 1. The number of thiophene rings is 1. The fourth-order valence-corrected chi connectivity index (χ4v) is 4.90. The number of hydrogen-bond donors (Lipinski definition) is 1. The van der Waals surface area contributed by atoms with Gasteiger partial charge < -0.3 is 4.90 Å². The first-order valence-electron chi connectivity index (χ1n) is 5.30. The average molecular weight is 362 g/mol. The summed E-state index contributed by atoms with van der Waals surface area (Å²) < 4.78 is 27.9. The minimum Gasteiger partial charge on any atom is -0.361 e. The standard InChI is InChI=1S/C11H12BrN3O2S2/c1-15(2)10-9(4-3-6-13-10)14-19(16,17)11-8(12)5-7-18-11/h3-7,14H,1-2H3. The molecule has 0 fully saturated rings. The quantitative estimate of drug-likeness (QED) is 0.909. The molecule has 2 heterocycles. The van der Waals surface area contributed by atoms with Crippen molar-refractivity contribution < 1.29 is 8.42 Å². The van der Waals surface area contributed by atoms with Gasteiger partial charge in [-0.05, 0) is 39.5 Å². The third-order valence-electron chi connectivity index (χ3n) is 2.28. The first kappa shape index (κ1) is 14.3. The molecule has 0 aliphatic carbocycles. The van der Waals surface area contributed by atoms with Crippen LogP contribution in [0, 0.1) is 0 Å². The van der Waals surface area contributed by atoms with E-state index < -0.39 is 10.0 Å². The number of nitrogens with zero attached hydrogens (tertiary/aromatic N) is 2. The summed E-state index contributed by atoms with van der Waals surface area (Å²) in [4.78, 5) is 5.91. The van der Waals surface area contributed by atoms with Crippen molar-refractivity contribution in [2.24, 2.45) is 0 Å². The lowest BCUT2D eigenvalue weighted by Gasteiger charge is -2.16. The number of aromatic nitrogens is 1. The van der Waals surface area contributed by atoms with Crippen LogP contribution in [0.25, 0.3) is 0 Å². The molecular formula is C11H12BrN3O2S2. The fraction of sp³-hybridized carbons (Fsp3) is 0.182. The smallest absolute Gasteiger partial charge is 0.272 e. The highest BCUT2D eigenvalue weighted by Crippen LogP contribution is 2.31. The minimum atomic E-state index is -3.60.